The molecule has 1 N–H and O–H groups in total. The summed E-state index contributed by atoms with van der Waals surface area (Å²) in [4.78, 5) is 13.3. The van der Waals surface area contributed by atoms with E-state index in [1.165, 1.54) is 23.1 Å². The second-order valence-corrected chi connectivity index (χ2v) is 6.67. The zero-order valence-corrected chi connectivity index (χ0v) is 11.2. The summed E-state index contributed by atoms with van der Waals surface area (Å²) in [5.41, 5.74) is 0.256. The van der Waals surface area contributed by atoms with Crippen molar-refractivity contribution in [1.82, 2.24) is 4.90 Å². The summed E-state index contributed by atoms with van der Waals surface area (Å²) in [6.07, 6.45) is 0.547. The highest BCUT2D eigenvalue weighted by molar-refractivity contribution is 7.90. The van der Waals surface area contributed by atoms with Gasteiger partial charge < -0.3 is 10.0 Å². The number of rotatable bonds is 2. The average molecular weight is 290 g/mol. The molecule has 1 heterocycles. The van der Waals surface area contributed by atoms with Gasteiger partial charge in [0.05, 0.1) is 16.0 Å². The maximum Gasteiger partial charge on any atom is 0.254 e. The predicted molar refractivity (Wildman–Crippen MR) is 66.5 cm³/mol. The molecule has 5 nitrogen and oxygen atoms in total. The molecule has 1 amide bonds. The van der Waals surface area contributed by atoms with Crippen LogP contribution < -0.4 is 0 Å². The highest BCUT2D eigenvalue weighted by atomic mass is 35.5. The van der Waals surface area contributed by atoms with Crippen LogP contribution in [0.3, 0.4) is 0 Å². The van der Waals surface area contributed by atoms with Crippen LogP contribution in [-0.2, 0) is 9.84 Å². The summed E-state index contributed by atoms with van der Waals surface area (Å²) in [7, 11) is -3.47. The highest BCUT2D eigenvalue weighted by Gasteiger charge is 2.30. The molecular formula is C11H12ClNO4S. The number of hydrogen-bond donors (Lipinski definition) is 1. The van der Waals surface area contributed by atoms with Crippen molar-refractivity contribution >= 4 is 27.3 Å². The predicted octanol–water partition coefficient (Wildman–Crippen LogP) is 0.560. The number of carbonyl (C=O) groups is 1. The molecule has 0 spiro atoms. The topological polar surface area (TPSA) is 74.7 Å². The molecule has 1 aliphatic rings. The fraction of sp³-hybridized carbons (Fsp3) is 0.364. The van der Waals surface area contributed by atoms with E-state index in [9.17, 15) is 13.2 Å². The Morgan fingerprint density at radius 3 is 2.56 bits per heavy atom. The van der Waals surface area contributed by atoms with E-state index in [1.807, 2.05) is 0 Å². The number of hydrogen-bond acceptors (Lipinski definition) is 4. The molecule has 0 unspecified atom stereocenters. The van der Waals surface area contributed by atoms with Crippen LogP contribution in [0, 0.1) is 0 Å². The number of amides is 1. The number of β-amino-alcohol motifs (C(OH)–C–C–N with tert-alkyl or cyclic N) is 1. The minimum absolute atomic E-state index is 0.0592. The summed E-state index contributed by atoms with van der Waals surface area (Å²) in [5.74, 6) is -0.304. The fourth-order valence-corrected chi connectivity index (χ4v) is 3.03. The summed E-state index contributed by atoms with van der Waals surface area (Å²) >= 11 is 5.79. The zero-order chi connectivity index (χ0) is 13.5. The normalized spacial score (nSPS) is 16.5. The Kier molecular flexibility index (Phi) is 3.35. The minimum atomic E-state index is -3.47. The summed E-state index contributed by atoms with van der Waals surface area (Å²) in [6, 6.07) is 4.14. The number of aliphatic hydroxyl groups is 1. The lowest BCUT2D eigenvalue weighted by molar-refractivity contribution is 0.00588. The van der Waals surface area contributed by atoms with Crippen LogP contribution in [-0.4, -0.2) is 49.8 Å². The lowest BCUT2D eigenvalue weighted by atomic mass is 10.1. The molecule has 1 fully saturated rings. The van der Waals surface area contributed by atoms with Crippen LogP contribution in [0.25, 0.3) is 0 Å². The average Bonchev–Trinajstić information content (AvgIpc) is 2.23. The van der Waals surface area contributed by atoms with Crippen molar-refractivity contribution in [2.45, 2.75) is 11.0 Å². The Bertz CT molecular complexity index is 593. The van der Waals surface area contributed by atoms with Gasteiger partial charge in [-0.3, -0.25) is 4.79 Å². The van der Waals surface area contributed by atoms with E-state index in [0.717, 1.165) is 6.26 Å². The molecular weight excluding hydrogens is 278 g/mol. The molecule has 0 radical (unpaired) electrons. The molecule has 18 heavy (non-hydrogen) atoms. The van der Waals surface area contributed by atoms with Crippen molar-refractivity contribution in [3.05, 3.63) is 28.8 Å². The first-order valence-electron chi connectivity index (χ1n) is 5.26. The van der Waals surface area contributed by atoms with Crippen molar-refractivity contribution in [2.24, 2.45) is 0 Å². The molecule has 0 saturated carbocycles. The number of nitrogens with zero attached hydrogens (tertiary/aromatic N) is 1. The first-order chi connectivity index (χ1) is 8.29. The lowest BCUT2D eigenvalue weighted by Gasteiger charge is -2.35. The van der Waals surface area contributed by atoms with Gasteiger partial charge in [0.2, 0.25) is 0 Å². The van der Waals surface area contributed by atoms with Gasteiger partial charge in [0.25, 0.3) is 5.91 Å². The zero-order valence-electron chi connectivity index (χ0n) is 9.63. The molecule has 0 atom stereocenters. The molecule has 98 valence electrons. The van der Waals surface area contributed by atoms with E-state index in [2.05, 4.69) is 0 Å². The quantitative estimate of drug-likeness (QED) is 0.863. The Morgan fingerprint density at radius 1 is 1.44 bits per heavy atom. The summed E-state index contributed by atoms with van der Waals surface area (Å²) < 4.78 is 23.0. The first-order valence-corrected chi connectivity index (χ1v) is 7.53. The largest absolute Gasteiger partial charge is 0.389 e. The molecule has 1 aromatic rings. The molecule has 1 aromatic carbocycles. The SMILES string of the molecule is CS(=O)(=O)c1cc(C(=O)N2CC(O)C2)ccc1Cl. The number of aliphatic hydroxyl groups excluding tert-OH is 1. The number of halogens is 1. The van der Waals surface area contributed by atoms with E-state index >= 15 is 0 Å². The third kappa shape index (κ3) is 2.50. The van der Waals surface area contributed by atoms with Gasteiger partial charge in [0.1, 0.15) is 0 Å². The van der Waals surface area contributed by atoms with Crippen molar-refractivity contribution in [3.63, 3.8) is 0 Å². The summed E-state index contributed by atoms with van der Waals surface area (Å²) in [6.45, 7) is 0.547. The Hall–Kier alpha value is -1.11. The van der Waals surface area contributed by atoms with Gasteiger partial charge in [0, 0.05) is 24.9 Å². The van der Waals surface area contributed by atoms with Crippen LogP contribution in [0.4, 0.5) is 0 Å². The molecule has 0 aliphatic carbocycles. The molecule has 1 saturated heterocycles. The van der Waals surface area contributed by atoms with Gasteiger partial charge in [-0.25, -0.2) is 8.42 Å². The van der Waals surface area contributed by atoms with Crippen LogP contribution in [0.2, 0.25) is 5.02 Å². The van der Waals surface area contributed by atoms with Crippen molar-refractivity contribution < 1.29 is 18.3 Å². The highest BCUT2D eigenvalue weighted by Crippen LogP contribution is 2.24. The van der Waals surface area contributed by atoms with Gasteiger partial charge in [0.15, 0.2) is 9.84 Å². The van der Waals surface area contributed by atoms with Gasteiger partial charge in [-0.15, -0.1) is 0 Å². The molecule has 2 rings (SSSR count). The monoisotopic (exact) mass is 289 g/mol. The number of likely N-dealkylation sites (tertiary alicyclic amines) is 1. The standard InChI is InChI=1S/C11H12ClNO4S/c1-18(16,17)10-4-7(2-3-9(10)12)11(15)13-5-8(14)6-13/h2-4,8,14H,5-6H2,1H3. The van der Waals surface area contributed by atoms with Crippen molar-refractivity contribution in [3.8, 4) is 0 Å². The number of carbonyl (C=O) groups excluding carboxylic acids is 1. The Morgan fingerprint density at radius 2 is 2.06 bits per heavy atom. The van der Waals surface area contributed by atoms with Gasteiger partial charge in [-0.1, -0.05) is 11.6 Å². The molecule has 7 heteroatoms. The fourth-order valence-electron chi connectivity index (χ4n) is 1.72. The first kappa shape index (κ1) is 13.3. The smallest absolute Gasteiger partial charge is 0.254 e. The Balaban J connectivity index is 2.33. The van der Waals surface area contributed by atoms with E-state index < -0.39 is 15.9 Å². The maximum atomic E-state index is 11.9. The van der Waals surface area contributed by atoms with Gasteiger partial charge in [-0.05, 0) is 18.2 Å². The number of benzene rings is 1. The summed E-state index contributed by atoms with van der Waals surface area (Å²) in [5, 5.41) is 9.23. The second-order valence-electron chi connectivity index (χ2n) is 4.28. The van der Waals surface area contributed by atoms with E-state index in [1.54, 1.807) is 0 Å². The molecule has 1 aliphatic heterocycles. The van der Waals surface area contributed by atoms with Gasteiger partial charge in [-0.2, -0.15) is 0 Å². The van der Waals surface area contributed by atoms with Crippen LogP contribution in [0.1, 0.15) is 10.4 Å². The second kappa shape index (κ2) is 4.53. The van der Waals surface area contributed by atoms with Crippen molar-refractivity contribution in [1.29, 1.82) is 0 Å². The lowest BCUT2D eigenvalue weighted by Crippen LogP contribution is -2.53. The van der Waals surface area contributed by atoms with Crippen LogP contribution >= 0.6 is 11.6 Å². The third-order valence-corrected chi connectivity index (χ3v) is 4.31. The van der Waals surface area contributed by atoms with E-state index in [4.69, 9.17) is 16.7 Å². The van der Waals surface area contributed by atoms with E-state index in [-0.39, 0.29) is 34.5 Å². The third-order valence-electron chi connectivity index (χ3n) is 2.73. The van der Waals surface area contributed by atoms with Crippen LogP contribution in [0.5, 0.6) is 0 Å². The molecule has 0 aromatic heterocycles. The maximum absolute atomic E-state index is 11.9. The molecule has 0 bridgehead atoms. The van der Waals surface area contributed by atoms with Crippen molar-refractivity contribution in [2.75, 3.05) is 19.3 Å². The van der Waals surface area contributed by atoms with Gasteiger partial charge >= 0.3 is 0 Å². The minimum Gasteiger partial charge on any atom is -0.389 e. The van der Waals surface area contributed by atoms with Crippen LogP contribution in [0.15, 0.2) is 23.1 Å². The van der Waals surface area contributed by atoms with E-state index in [0.29, 0.717) is 0 Å². The number of sulfone groups is 1. The Labute approximate surface area is 110 Å².